The topological polar surface area (TPSA) is 38.7 Å². The molecule has 3 heteroatoms. The summed E-state index contributed by atoms with van der Waals surface area (Å²) in [5.74, 6) is 0. The van der Waals surface area contributed by atoms with Crippen molar-refractivity contribution in [1.29, 1.82) is 0 Å². The molecule has 3 nitrogen and oxygen atoms in total. The first-order chi connectivity index (χ1) is 8.24. The van der Waals surface area contributed by atoms with E-state index in [0.717, 1.165) is 17.6 Å². The van der Waals surface area contributed by atoms with Gasteiger partial charge in [0.1, 0.15) is 12.2 Å². The summed E-state index contributed by atoms with van der Waals surface area (Å²) in [5.41, 5.74) is 2.17. The van der Waals surface area contributed by atoms with Crippen molar-refractivity contribution < 1.29 is 14.6 Å². The van der Waals surface area contributed by atoms with Crippen molar-refractivity contribution >= 4 is 0 Å². The van der Waals surface area contributed by atoms with E-state index >= 15 is 0 Å². The van der Waals surface area contributed by atoms with Crippen LogP contribution in [-0.4, -0.2) is 23.4 Å². The van der Waals surface area contributed by atoms with Crippen LogP contribution in [0.5, 0.6) is 0 Å². The summed E-state index contributed by atoms with van der Waals surface area (Å²) in [6, 6.07) is 9.85. The summed E-state index contributed by atoms with van der Waals surface area (Å²) in [7, 11) is 0. The lowest BCUT2D eigenvalue weighted by atomic mass is 9.93. The van der Waals surface area contributed by atoms with E-state index in [9.17, 15) is 5.11 Å². The second kappa shape index (κ2) is 4.26. The third-order valence-corrected chi connectivity index (χ3v) is 3.33. The van der Waals surface area contributed by atoms with Crippen LogP contribution in [0.15, 0.2) is 42.0 Å². The highest BCUT2D eigenvalue weighted by atomic mass is 16.7. The fraction of sp³-hybridized carbons (Fsp3) is 0.429. The Kier molecular flexibility index (Phi) is 2.74. The summed E-state index contributed by atoms with van der Waals surface area (Å²) in [4.78, 5) is 0. The van der Waals surface area contributed by atoms with E-state index in [1.54, 1.807) is 0 Å². The van der Waals surface area contributed by atoms with Crippen LogP contribution >= 0.6 is 0 Å². The molecule has 0 radical (unpaired) electrons. The smallest absolute Gasteiger partial charge is 0.184 e. The first kappa shape index (κ1) is 11.0. The number of aliphatic hydroxyl groups excluding tert-OH is 1. The Bertz CT molecular complexity index is 426. The van der Waals surface area contributed by atoms with E-state index in [1.807, 2.05) is 43.3 Å². The maximum absolute atomic E-state index is 9.93. The lowest BCUT2D eigenvalue weighted by molar-refractivity contribution is -0.0786. The number of hydrogen-bond donors (Lipinski definition) is 1. The standard InChI is InChI=1S/C14H16O3/c1-9-7-11(15)13-12(8-9)16-14(17-13)10-5-3-2-4-6-10/h2-7,11-15H,8H2,1H3/t11-,12-,13+,14?/m0/s1. The number of benzene rings is 1. The van der Waals surface area contributed by atoms with E-state index in [4.69, 9.17) is 9.47 Å². The first-order valence-corrected chi connectivity index (χ1v) is 5.95. The average Bonchev–Trinajstić information content (AvgIpc) is 2.74. The largest absolute Gasteiger partial charge is 0.386 e. The maximum atomic E-state index is 9.93. The minimum absolute atomic E-state index is 0.0276. The molecule has 0 aromatic heterocycles. The van der Waals surface area contributed by atoms with Gasteiger partial charge in [-0.3, -0.25) is 0 Å². The van der Waals surface area contributed by atoms with E-state index in [1.165, 1.54) is 0 Å². The van der Waals surface area contributed by atoms with Crippen molar-refractivity contribution in [1.82, 2.24) is 0 Å². The molecule has 1 aliphatic heterocycles. The highest BCUT2D eigenvalue weighted by Crippen LogP contribution is 2.37. The van der Waals surface area contributed by atoms with Gasteiger partial charge in [0.05, 0.1) is 6.10 Å². The molecule has 2 aliphatic rings. The van der Waals surface area contributed by atoms with Gasteiger partial charge in [0.25, 0.3) is 0 Å². The number of rotatable bonds is 1. The number of fused-ring (bicyclic) bond motifs is 1. The molecule has 1 fully saturated rings. The van der Waals surface area contributed by atoms with Crippen molar-refractivity contribution in [2.45, 2.75) is 37.9 Å². The van der Waals surface area contributed by atoms with Gasteiger partial charge in [0.2, 0.25) is 0 Å². The molecule has 17 heavy (non-hydrogen) atoms. The minimum atomic E-state index is -0.553. The molecule has 1 aromatic rings. The summed E-state index contributed by atoms with van der Waals surface area (Å²) in [6.07, 6.45) is 1.54. The Labute approximate surface area is 101 Å². The highest BCUT2D eigenvalue weighted by molar-refractivity contribution is 5.19. The van der Waals surface area contributed by atoms with Crippen LogP contribution in [0.2, 0.25) is 0 Å². The molecule has 1 heterocycles. The molecule has 3 rings (SSSR count). The van der Waals surface area contributed by atoms with E-state index < -0.39 is 6.10 Å². The van der Waals surface area contributed by atoms with E-state index in [-0.39, 0.29) is 18.5 Å². The zero-order chi connectivity index (χ0) is 11.8. The van der Waals surface area contributed by atoms with Crippen molar-refractivity contribution in [2.75, 3.05) is 0 Å². The average molecular weight is 232 g/mol. The number of aliphatic hydroxyl groups is 1. The normalized spacial score (nSPS) is 36.5. The SMILES string of the molecule is CC1=C[C@H](O)[C@H]2OC(c3ccccc3)O[C@H]2C1. The Morgan fingerprint density at radius 3 is 2.71 bits per heavy atom. The van der Waals surface area contributed by atoms with Crippen molar-refractivity contribution in [3.63, 3.8) is 0 Å². The molecule has 1 saturated heterocycles. The Morgan fingerprint density at radius 1 is 1.18 bits per heavy atom. The Hall–Kier alpha value is -1.16. The molecule has 0 saturated carbocycles. The minimum Gasteiger partial charge on any atom is -0.386 e. The van der Waals surface area contributed by atoms with Gasteiger partial charge in [-0.25, -0.2) is 0 Å². The van der Waals surface area contributed by atoms with Crippen LogP contribution in [0.1, 0.15) is 25.2 Å². The monoisotopic (exact) mass is 232 g/mol. The van der Waals surface area contributed by atoms with Gasteiger partial charge in [-0.05, 0) is 13.3 Å². The predicted molar refractivity (Wildman–Crippen MR) is 63.3 cm³/mol. The summed E-state index contributed by atoms with van der Waals surface area (Å²) >= 11 is 0. The van der Waals surface area contributed by atoms with Gasteiger partial charge in [-0.2, -0.15) is 0 Å². The third kappa shape index (κ3) is 2.02. The van der Waals surface area contributed by atoms with Crippen molar-refractivity contribution in [3.8, 4) is 0 Å². The molecule has 4 atom stereocenters. The van der Waals surface area contributed by atoms with Gasteiger partial charge in [-0.1, -0.05) is 42.0 Å². The number of hydrogen-bond acceptors (Lipinski definition) is 3. The second-order valence-electron chi connectivity index (χ2n) is 4.73. The van der Waals surface area contributed by atoms with Crippen molar-refractivity contribution in [2.24, 2.45) is 0 Å². The molecule has 1 unspecified atom stereocenters. The molecule has 0 amide bonds. The zero-order valence-corrected chi connectivity index (χ0v) is 9.74. The fourth-order valence-electron chi connectivity index (χ4n) is 2.50. The van der Waals surface area contributed by atoms with Crippen LogP contribution in [-0.2, 0) is 9.47 Å². The quantitative estimate of drug-likeness (QED) is 0.754. The van der Waals surface area contributed by atoms with Crippen LogP contribution in [0, 0.1) is 0 Å². The molecular weight excluding hydrogens is 216 g/mol. The second-order valence-corrected chi connectivity index (χ2v) is 4.73. The first-order valence-electron chi connectivity index (χ1n) is 5.95. The molecular formula is C14H16O3. The van der Waals surface area contributed by atoms with Gasteiger partial charge < -0.3 is 14.6 Å². The fourth-order valence-corrected chi connectivity index (χ4v) is 2.50. The van der Waals surface area contributed by atoms with Crippen LogP contribution in [0.3, 0.4) is 0 Å². The van der Waals surface area contributed by atoms with Gasteiger partial charge in [0, 0.05) is 5.56 Å². The lowest BCUT2D eigenvalue weighted by Gasteiger charge is -2.25. The van der Waals surface area contributed by atoms with E-state index in [2.05, 4.69) is 0 Å². The summed E-state index contributed by atoms with van der Waals surface area (Å²) < 4.78 is 11.7. The molecule has 1 aromatic carbocycles. The Balaban J connectivity index is 1.79. The zero-order valence-electron chi connectivity index (χ0n) is 9.74. The van der Waals surface area contributed by atoms with Crippen LogP contribution < -0.4 is 0 Å². The third-order valence-electron chi connectivity index (χ3n) is 3.33. The summed E-state index contributed by atoms with van der Waals surface area (Å²) in [5, 5.41) is 9.93. The lowest BCUT2D eigenvalue weighted by Crippen LogP contribution is -2.37. The molecule has 0 spiro atoms. The van der Waals surface area contributed by atoms with Crippen LogP contribution in [0.4, 0.5) is 0 Å². The summed E-state index contributed by atoms with van der Waals surface area (Å²) in [6.45, 7) is 2.01. The maximum Gasteiger partial charge on any atom is 0.184 e. The molecule has 90 valence electrons. The highest BCUT2D eigenvalue weighted by Gasteiger charge is 2.42. The van der Waals surface area contributed by atoms with Gasteiger partial charge in [-0.15, -0.1) is 0 Å². The Morgan fingerprint density at radius 2 is 1.94 bits per heavy atom. The van der Waals surface area contributed by atoms with E-state index in [0.29, 0.717) is 0 Å². The van der Waals surface area contributed by atoms with Gasteiger partial charge >= 0.3 is 0 Å². The van der Waals surface area contributed by atoms with Crippen LogP contribution in [0.25, 0.3) is 0 Å². The van der Waals surface area contributed by atoms with Crippen molar-refractivity contribution in [3.05, 3.63) is 47.5 Å². The molecule has 0 bridgehead atoms. The number of ether oxygens (including phenoxy) is 2. The molecule has 1 N–H and O–H groups in total. The predicted octanol–water partition coefficient (Wildman–Crippen LogP) is 2.18. The van der Waals surface area contributed by atoms with Gasteiger partial charge in [0.15, 0.2) is 6.29 Å². The molecule has 1 aliphatic carbocycles.